The standard InChI is InChI=1S/C17H29NOS2/c1-10-12-14(3,4)21-17(9,18)19-15(5,6)16(7,8)20-13-11-2/h1-2H,12-13,18H2,3-9H3. The van der Waals surface area contributed by atoms with Crippen LogP contribution in [0.2, 0.25) is 0 Å². The summed E-state index contributed by atoms with van der Waals surface area (Å²) in [6.45, 7) is 14.4. The zero-order valence-corrected chi connectivity index (χ0v) is 16.0. The summed E-state index contributed by atoms with van der Waals surface area (Å²) < 4.78 is 5.96. The average Bonchev–Trinajstić information content (AvgIpc) is 2.22. The Labute approximate surface area is 139 Å². The van der Waals surface area contributed by atoms with E-state index >= 15 is 0 Å². The summed E-state index contributed by atoms with van der Waals surface area (Å²) in [6.07, 6.45) is 11.4. The molecule has 0 rings (SSSR count). The highest BCUT2D eigenvalue weighted by atomic mass is 32.2. The minimum atomic E-state index is -0.822. The van der Waals surface area contributed by atoms with Crippen molar-refractivity contribution >= 4 is 23.5 Å². The van der Waals surface area contributed by atoms with E-state index in [1.165, 1.54) is 0 Å². The van der Waals surface area contributed by atoms with Crippen LogP contribution in [-0.2, 0) is 4.74 Å². The fourth-order valence-corrected chi connectivity index (χ4v) is 4.21. The van der Waals surface area contributed by atoms with Crippen LogP contribution in [0.3, 0.4) is 0 Å². The van der Waals surface area contributed by atoms with Crippen LogP contribution < -0.4 is 5.73 Å². The number of terminal acetylenes is 2. The van der Waals surface area contributed by atoms with Crippen molar-refractivity contribution in [3.63, 3.8) is 0 Å². The van der Waals surface area contributed by atoms with E-state index in [1.54, 1.807) is 23.5 Å². The number of thioether (sulfide) groups is 2. The Kier molecular flexibility index (Phi) is 7.25. The van der Waals surface area contributed by atoms with E-state index in [9.17, 15) is 0 Å². The molecule has 0 fully saturated rings. The minimum absolute atomic E-state index is 0.134. The van der Waals surface area contributed by atoms with Gasteiger partial charge in [-0.15, -0.1) is 42.3 Å². The minimum Gasteiger partial charge on any atom is -0.344 e. The molecule has 2 N–H and O–H groups in total. The van der Waals surface area contributed by atoms with Crippen molar-refractivity contribution in [3.8, 4) is 24.7 Å². The third kappa shape index (κ3) is 7.02. The average molecular weight is 328 g/mol. The lowest BCUT2D eigenvalue weighted by Crippen LogP contribution is -2.54. The molecule has 0 aliphatic rings. The van der Waals surface area contributed by atoms with Gasteiger partial charge in [-0.25, -0.2) is 0 Å². The summed E-state index contributed by atoms with van der Waals surface area (Å²) in [5, 5.41) is -0.822. The monoisotopic (exact) mass is 327 g/mol. The Balaban J connectivity index is 4.99. The zero-order valence-electron chi connectivity index (χ0n) is 14.4. The molecule has 0 heterocycles. The molecule has 120 valence electrons. The first-order chi connectivity index (χ1) is 9.29. The van der Waals surface area contributed by atoms with Gasteiger partial charge in [0.15, 0.2) is 5.06 Å². The summed E-state index contributed by atoms with van der Waals surface area (Å²) in [5.74, 6) is 6.01. The lowest BCUT2D eigenvalue weighted by atomic mass is 9.93. The van der Waals surface area contributed by atoms with E-state index in [2.05, 4.69) is 53.4 Å². The summed E-state index contributed by atoms with van der Waals surface area (Å²) in [5.41, 5.74) is 5.93. The Bertz CT molecular complexity index is 425. The van der Waals surface area contributed by atoms with E-state index in [0.717, 1.165) is 0 Å². The molecule has 0 aliphatic heterocycles. The fraction of sp³-hybridized carbons (Fsp3) is 0.765. The topological polar surface area (TPSA) is 35.2 Å². The number of rotatable bonds is 8. The maximum absolute atomic E-state index is 6.37. The van der Waals surface area contributed by atoms with Crippen molar-refractivity contribution in [1.82, 2.24) is 0 Å². The number of hydrogen-bond donors (Lipinski definition) is 1. The largest absolute Gasteiger partial charge is 0.344 e. The molecule has 4 heteroatoms. The highest BCUT2D eigenvalue weighted by molar-refractivity contribution is 8.01. The molecule has 0 aromatic carbocycles. The third-order valence-electron chi connectivity index (χ3n) is 3.43. The van der Waals surface area contributed by atoms with Crippen LogP contribution in [0.15, 0.2) is 0 Å². The molecule has 0 aliphatic carbocycles. The first-order valence-electron chi connectivity index (χ1n) is 6.99. The first-order valence-corrected chi connectivity index (χ1v) is 8.79. The van der Waals surface area contributed by atoms with Gasteiger partial charge >= 0.3 is 0 Å². The third-order valence-corrected chi connectivity index (χ3v) is 6.14. The maximum Gasteiger partial charge on any atom is 0.163 e. The van der Waals surface area contributed by atoms with Gasteiger partial charge in [0.1, 0.15) is 0 Å². The molecule has 0 saturated carbocycles. The van der Waals surface area contributed by atoms with Crippen LogP contribution in [0.5, 0.6) is 0 Å². The van der Waals surface area contributed by atoms with Gasteiger partial charge in [-0.2, -0.15) is 0 Å². The second-order valence-corrected chi connectivity index (χ2v) is 10.6. The smallest absolute Gasteiger partial charge is 0.163 e. The molecule has 1 atom stereocenters. The van der Waals surface area contributed by atoms with Gasteiger partial charge in [0.05, 0.1) is 11.4 Å². The van der Waals surface area contributed by atoms with E-state index in [4.69, 9.17) is 23.3 Å². The molecule has 2 nitrogen and oxygen atoms in total. The van der Waals surface area contributed by atoms with Gasteiger partial charge in [-0.3, -0.25) is 5.73 Å². The van der Waals surface area contributed by atoms with Gasteiger partial charge in [-0.05, 0) is 48.5 Å². The molecule has 1 unspecified atom stereocenters. The normalized spacial score (nSPS) is 15.9. The predicted octanol–water partition coefficient (Wildman–Crippen LogP) is 4.09. The molecule has 0 spiro atoms. The maximum atomic E-state index is 6.37. The highest BCUT2D eigenvalue weighted by Crippen LogP contribution is 2.44. The Morgan fingerprint density at radius 2 is 1.52 bits per heavy atom. The molecular weight excluding hydrogens is 298 g/mol. The second-order valence-electron chi connectivity index (χ2n) is 6.87. The molecule has 0 saturated heterocycles. The van der Waals surface area contributed by atoms with Crippen LogP contribution in [0.4, 0.5) is 0 Å². The second kappa shape index (κ2) is 7.34. The van der Waals surface area contributed by atoms with Gasteiger partial charge < -0.3 is 4.74 Å². The van der Waals surface area contributed by atoms with Crippen LogP contribution in [0.1, 0.15) is 54.9 Å². The molecule has 21 heavy (non-hydrogen) atoms. The SMILES string of the molecule is C#CCSC(C)(C)C(C)(C)OC(C)(N)SC(C)(C)CC#C. The predicted molar refractivity (Wildman–Crippen MR) is 98.2 cm³/mol. The highest BCUT2D eigenvalue weighted by Gasteiger charge is 2.44. The van der Waals surface area contributed by atoms with Gasteiger partial charge in [0.2, 0.25) is 0 Å². The van der Waals surface area contributed by atoms with E-state index in [1.807, 2.05) is 6.92 Å². The molecular formula is C17H29NOS2. The van der Waals surface area contributed by atoms with Crippen LogP contribution >= 0.6 is 23.5 Å². The van der Waals surface area contributed by atoms with Crippen LogP contribution in [-0.4, -0.2) is 25.9 Å². The summed E-state index contributed by atoms with van der Waals surface area (Å²) in [7, 11) is 0. The molecule has 0 bridgehead atoms. The zero-order chi connectivity index (χ0) is 16.9. The number of hydrogen-bond acceptors (Lipinski definition) is 4. The van der Waals surface area contributed by atoms with E-state index in [-0.39, 0.29) is 9.49 Å². The van der Waals surface area contributed by atoms with Crippen molar-refractivity contribution < 1.29 is 4.74 Å². The Morgan fingerprint density at radius 3 is 1.95 bits per heavy atom. The van der Waals surface area contributed by atoms with Gasteiger partial charge in [0, 0.05) is 15.9 Å². The van der Waals surface area contributed by atoms with E-state index in [0.29, 0.717) is 12.2 Å². The molecule has 0 amide bonds. The molecule has 0 aromatic heterocycles. The van der Waals surface area contributed by atoms with Crippen molar-refractivity contribution in [3.05, 3.63) is 0 Å². The number of nitrogens with two attached hydrogens (primary N) is 1. The van der Waals surface area contributed by atoms with Gasteiger partial charge in [-0.1, -0.05) is 5.92 Å². The summed E-state index contributed by atoms with van der Waals surface area (Å²) in [6, 6.07) is 0. The first kappa shape index (κ1) is 20.7. The van der Waals surface area contributed by atoms with E-state index < -0.39 is 10.7 Å². The lowest BCUT2D eigenvalue weighted by Gasteiger charge is -2.46. The van der Waals surface area contributed by atoms with Crippen LogP contribution in [0.25, 0.3) is 0 Å². The number of ether oxygens (including phenoxy) is 1. The fourth-order valence-electron chi connectivity index (χ4n) is 1.88. The van der Waals surface area contributed by atoms with Crippen molar-refractivity contribution in [2.24, 2.45) is 5.73 Å². The molecule has 0 aromatic rings. The van der Waals surface area contributed by atoms with Crippen molar-refractivity contribution in [1.29, 1.82) is 0 Å². The quantitative estimate of drug-likeness (QED) is 0.538. The van der Waals surface area contributed by atoms with Crippen molar-refractivity contribution in [2.45, 2.75) is 75.0 Å². The summed E-state index contributed by atoms with van der Waals surface area (Å²) in [4.78, 5) is 0. The Hall–Kier alpha value is -0.260. The summed E-state index contributed by atoms with van der Waals surface area (Å²) >= 11 is 3.26. The Morgan fingerprint density at radius 1 is 1.00 bits per heavy atom. The lowest BCUT2D eigenvalue weighted by molar-refractivity contribution is -0.0958. The molecule has 0 radical (unpaired) electrons. The van der Waals surface area contributed by atoms with Gasteiger partial charge in [0.25, 0.3) is 0 Å². The van der Waals surface area contributed by atoms with Crippen LogP contribution in [0, 0.1) is 24.7 Å². The van der Waals surface area contributed by atoms with Crippen molar-refractivity contribution in [2.75, 3.05) is 5.75 Å².